The second-order valence-electron chi connectivity index (χ2n) is 4.41. The van der Waals surface area contributed by atoms with E-state index in [1.807, 2.05) is 36.4 Å². The minimum Gasteiger partial charge on any atom is -0.248 e. The van der Waals surface area contributed by atoms with Gasteiger partial charge in [-0.05, 0) is 30.4 Å². The van der Waals surface area contributed by atoms with Crippen LogP contribution in [0.5, 0.6) is 0 Å². The zero-order chi connectivity index (χ0) is 13.9. The molecule has 3 aromatic rings. The topological polar surface area (TPSA) is 12.9 Å². The lowest BCUT2D eigenvalue weighted by atomic mass is 10.1. The number of nitrogens with zero attached hydrogens (tertiary/aromatic N) is 1. The van der Waals surface area contributed by atoms with Crippen LogP contribution in [0, 0.1) is 11.6 Å². The molecule has 1 nitrogen and oxygen atoms in total. The first-order valence-electron chi connectivity index (χ1n) is 6.22. The van der Waals surface area contributed by atoms with Gasteiger partial charge < -0.3 is 0 Å². The van der Waals surface area contributed by atoms with Gasteiger partial charge in [0.15, 0.2) is 11.6 Å². The summed E-state index contributed by atoms with van der Waals surface area (Å²) in [6.45, 7) is 0. The Hall–Kier alpha value is -2.55. The van der Waals surface area contributed by atoms with E-state index in [-0.39, 0.29) is 5.56 Å². The van der Waals surface area contributed by atoms with Crippen molar-refractivity contribution in [3.05, 3.63) is 77.5 Å². The molecular weight excluding hydrogens is 256 g/mol. The Bertz CT molecular complexity index is 794. The highest BCUT2D eigenvalue weighted by atomic mass is 19.2. The third-order valence-corrected chi connectivity index (χ3v) is 3.04. The fraction of sp³-hybridized carbons (Fsp3) is 0. The standard InChI is InChI=1S/C17H11F2N/c18-15-6-3-5-13(17(15)19)9-11-14-10-8-12-4-1-2-7-16(12)20-14/h1-11H. The number of para-hydroxylation sites is 1. The van der Waals surface area contributed by atoms with E-state index in [0.29, 0.717) is 5.69 Å². The highest BCUT2D eigenvalue weighted by Gasteiger charge is 2.04. The second-order valence-corrected chi connectivity index (χ2v) is 4.41. The van der Waals surface area contributed by atoms with Crippen molar-refractivity contribution in [2.75, 3.05) is 0 Å². The number of halogens is 2. The lowest BCUT2D eigenvalue weighted by molar-refractivity contribution is 0.507. The maximum Gasteiger partial charge on any atom is 0.166 e. The van der Waals surface area contributed by atoms with Crippen LogP contribution in [0.3, 0.4) is 0 Å². The number of aromatic nitrogens is 1. The zero-order valence-corrected chi connectivity index (χ0v) is 10.6. The number of rotatable bonds is 2. The molecular formula is C17H11F2N. The molecule has 1 aromatic heterocycles. The van der Waals surface area contributed by atoms with Gasteiger partial charge in [0.05, 0.1) is 11.2 Å². The molecule has 3 heteroatoms. The maximum absolute atomic E-state index is 13.5. The predicted molar refractivity (Wildman–Crippen MR) is 77.0 cm³/mol. The molecule has 0 aliphatic heterocycles. The van der Waals surface area contributed by atoms with Crippen LogP contribution < -0.4 is 0 Å². The Labute approximate surface area is 115 Å². The van der Waals surface area contributed by atoms with E-state index in [0.717, 1.165) is 17.0 Å². The average molecular weight is 267 g/mol. The molecule has 98 valence electrons. The summed E-state index contributed by atoms with van der Waals surface area (Å²) in [6.07, 6.45) is 3.19. The Morgan fingerprint density at radius 1 is 0.800 bits per heavy atom. The van der Waals surface area contributed by atoms with Crippen molar-refractivity contribution in [2.24, 2.45) is 0 Å². The van der Waals surface area contributed by atoms with Crippen molar-refractivity contribution in [1.29, 1.82) is 0 Å². The van der Waals surface area contributed by atoms with Gasteiger partial charge in [-0.1, -0.05) is 36.4 Å². The van der Waals surface area contributed by atoms with E-state index in [9.17, 15) is 8.78 Å². The van der Waals surface area contributed by atoms with Crippen molar-refractivity contribution in [2.45, 2.75) is 0 Å². The fourth-order valence-corrected chi connectivity index (χ4v) is 2.00. The first kappa shape index (κ1) is 12.5. The van der Waals surface area contributed by atoms with Crippen molar-refractivity contribution in [1.82, 2.24) is 4.98 Å². The molecule has 2 aromatic carbocycles. The van der Waals surface area contributed by atoms with E-state index in [1.165, 1.54) is 18.2 Å². The van der Waals surface area contributed by atoms with Gasteiger partial charge in [-0.2, -0.15) is 0 Å². The van der Waals surface area contributed by atoms with Crippen LogP contribution in [0.25, 0.3) is 23.1 Å². The third kappa shape index (κ3) is 2.43. The van der Waals surface area contributed by atoms with E-state index in [4.69, 9.17) is 0 Å². The largest absolute Gasteiger partial charge is 0.248 e. The van der Waals surface area contributed by atoms with Crippen molar-refractivity contribution < 1.29 is 8.78 Å². The smallest absolute Gasteiger partial charge is 0.166 e. The molecule has 0 fully saturated rings. The van der Waals surface area contributed by atoms with E-state index in [2.05, 4.69) is 4.98 Å². The van der Waals surface area contributed by atoms with Crippen LogP contribution in [-0.4, -0.2) is 4.98 Å². The van der Waals surface area contributed by atoms with Gasteiger partial charge >= 0.3 is 0 Å². The zero-order valence-electron chi connectivity index (χ0n) is 10.6. The molecule has 20 heavy (non-hydrogen) atoms. The highest BCUT2D eigenvalue weighted by Crippen LogP contribution is 2.16. The summed E-state index contributed by atoms with van der Waals surface area (Å²) >= 11 is 0. The Kier molecular flexibility index (Phi) is 3.25. The molecule has 0 N–H and O–H groups in total. The van der Waals surface area contributed by atoms with Gasteiger partial charge in [0, 0.05) is 10.9 Å². The normalized spacial score (nSPS) is 11.3. The molecule has 0 unspecified atom stereocenters. The van der Waals surface area contributed by atoms with Gasteiger partial charge in [0.1, 0.15) is 0 Å². The van der Waals surface area contributed by atoms with E-state index in [1.54, 1.807) is 6.08 Å². The highest BCUT2D eigenvalue weighted by molar-refractivity contribution is 5.80. The van der Waals surface area contributed by atoms with E-state index < -0.39 is 11.6 Å². The van der Waals surface area contributed by atoms with Crippen LogP contribution in [0.4, 0.5) is 8.78 Å². The van der Waals surface area contributed by atoms with Crippen molar-refractivity contribution in [3.8, 4) is 0 Å². The third-order valence-electron chi connectivity index (χ3n) is 3.04. The summed E-state index contributed by atoms with van der Waals surface area (Å²) in [5, 5.41) is 1.04. The van der Waals surface area contributed by atoms with Crippen LogP contribution >= 0.6 is 0 Å². The lowest BCUT2D eigenvalue weighted by Gasteiger charge is -1.99. The van der Waals surface area contributed by atoms with Gasteiger partial charge in [-0.15, -0.1) is 0 Å². The van der Waals surface area contributed by atoms with Crippen LogP contribution in [-0.2, 0) is 0 Å². The number of hydrogen-bond donors (Lipinski definition) is 0. The summed E-state index contributed by atoms with van der Waals surface area (Å²) < 4.78 is 26.6. The van der Waals surface area contributed by atoms with Crippen LogP contribution in [0.15, 0.2) is 54.6 Å². The predicted octanol–water partition coefficient (Wildman–Crippen LogP) is 4.68. The second kappa shape index (κ2) is 5.21. The molecule has 1 heterocycles. The SMILES string of the molecule is Fc1cccc(C=Cc2ccc3ccccc3n2)c1F. The summed E-state index contributed by atoms with van der Waals surface area (Å²) in [5.41, 5.74) is 1.78. The first-order chi connectivity index (χ1) is 9.74. The molecule has 0 amide bonds. The summed E-state index contributed by atoms with van der Waals surface area (Å²) in [6, 6.07) is 15.6. The van der Waals surface area contributed by atoms with Gasteiger partial charge in [-0.3, -0.25) is 0 Å². The summed E-state index contributed by atoms with van der Waals surface area (Å²) in [4.78, 5) is 4.44. The molecule has 0 atom stereocenters. The summed E-state index contributed by atoms with van der Waals surface area (Å²) in [7, 11) is 0. The molecule has 0 aliphatic carbocycles. The maximum atomic E-state index is 13.5. The number of benzene rings is 2. The number of hydrogen-bond acceptors (Lipinski definition) is 1. The molecule has 3 rings (SSSR count). The lowest BCUT2D eigenvalue weighted by Crippen LogP contribution is -1.87. The Morgan fingerprint density at radius 2 is 1.65 bits per heavy atom. The summed E-state index contributed by atoms with van der Waals surface area (Å²) in [5.74, 6) is -1.69. The van der Waals surface area contributed by atoms with Crippen LogP contribution in [0.2, 0.25) is 0 Å². The molecule has 0 spiro atoms. The number of fused-ring (bicyclic) bond motifs is 1. The van der Waals surface area contributed by atoms with Gasteiger partial charge in [0.2, 0.25) is 0 Å². The molecule has 0 saturated carbocycles. The molecule has 0 bridgehead atoms. The molecule has 0 saturated heterocycles. The molecule has 0 radical (unpaired) electrons. The van der Waals surface area contributed by atoms with Gasteiger partial charge in [-0.25, -0.2) is 13.8 Å². The minimum atomic E-state index is -0.848. The number of pyridine rings is 1. The van der Waals surface area contributed by atoms with Crippen molar-refractivity contribution >= 4 is 23.1 Å². The fourth-order valence-electron chi connectivity index (χ4n) is 2.00. The van der Waals surface area contributed by atoms with Gasteiger partial charge in [0.25, 0.3) is 0 Å². The first-order valence-corrected chi connectivity index (χ1v) is 6.22. The quantitative estimate of drug-likeness (QED) is 0.656. The average Bonchev–Trinajstić information content (AvgIpc) is 2.48. The minimum absolute atomic E-state index is 0.208. The Morgan fingerprint density at radius 3 is 2.55 bits per heavy atom. The monoisotopic (exact) mass is 267 g/mol. The van der Waals surface area contributed by atoms with Crippen LogP contribution in [0.1, 0.15) is 11.3 Å². The van der Waals surface area contributed by atoms with Crippen molar-refractivity contribution in [3.63, 3.8) is 0 Å². The van der Waals surface area contributed by atoms with E-state index >= 15 is 0 Å². The Balaban J connectivity index is 1.96. The molecule has 0 aliphatic rings.